The third kappa shape index (κ3) is 19.9. The molecule has 772 valence electrons. The molecule has 0 unspecified atom stereocenters. The van der Waals surface area contributed by atoms with Crippen LogP contribution < -0.4 is 43.5 Å². The van der Waals surface area contributed by atoms with Crippen molar-refractivity contribution >= 4 is 96.9 Å². The van der Waals surface area contributed by atoms with Crippen molar-refractivity contribution in [2.45, 2.75) is 142 Å². The van der Waals surface area contributed by atoms with Gasteiger partial charge in [-0.25, -0.2) is 92.6 Å². The molecule has 47 heteroatoms. The van der Waals surface area contributed by atoms with E-state index in [4.69, 9.17) is 9.47 Å². The third-order valence-electron chi connectivity index (χ3n) is 28.4. The molecular weight excluding hydrogens is 1940 g/mol. The van der Waals surface area contributed by atoms with E-state index in [2.05, 4.69) is 61.1 Å². The number of alkyl halides is 11. The van der Waals surface area contributed by atoms with Crippen LogP contribution in [0.2, 0.25) is 0 Å². The smallest absolute Gasteiger partial charge is 0.381 e. The van der Waals surface area contributed by atoms with E-state index in [1.165, 1.54) is 152 Å². The summed E-state index contributed by atoms with van der Waals surface area (Å²) in [4.78, 5) is 158. The standard InChI is InChI=1S/C25H25F6N5O2.C25H25F3N6O3.C25H26F3N5O3.C24H24F3N5O3/c1-13(14-5-4-6-15(18(14)26)19(27)28)34-20-16-11-17(22(37)35(3)21(16)33-12-32-20)23(38)36-9-7-24(2,8-10-36)25(29,30)31;1-13(15-5-4-6-16(19(15)26)20(27)28)31-21-17-7-18(23(36)32(3)22(17)30-12-29-21)24(37)34-10-25(11-34)8-33(9-25)14(2)35;1-14(15-6-5-7-16(19(15)26)20(27)28)31-21-17-10-18(23(34)32(2)22(17)30-13-29-21)24(35)33-9-4-3-8-25(33)11-36-12-25;1-13(14-4-3-5-15(18(14)25)19(26)27)30-20-16-8-17(22(33)31(2)21(16)29-12-28-20)23(34)32-9-24(10-32)6-7-35-11-24/h4-6,11-13,19H,7-10H2,1-3H3,(H,32,33,34);4-7,12-13,20H,8-11H2,1-3H3,(H,29,30,31);5-7,10,13-14,20H,3-4,8-9,11-12H2,1-2H3,(H,29,30,31);3-5,8,12-13,19H,6-7,9-11H2,1-2H3,(H,28,29,30)/t2*13-;14-;13-/m1111/s1. The quantitative estimate of drug-likeness (QED) is 0.0515. The maximum atomic E-state index is 14.7. The monoisotopic (exact) mass is 2040 g/mol. The molecule has 4 N–H and O–H groups in total. The Morgan fingerprint density at radius 2 is 0.664 bits per heavy atom. The fourth-order valence-electron chi connectivity index (χ4n) is 19.7. The zero-order valence-corrected chi connectivity index (χ0v) is 80.4. The Balaban J connectivity index is 0.000000139. The molecule has 0 aliphatic carbocycles. The van der Waals surface area contributed by atoms with Crippen LogP contribution in [-0.4, -0.2) is 209 Å². The van der Waals surface area contributed by atoms with E-state index in [1.807, 2.05) is 0 Å². The Bertz CT molecular complexity index is 7380. The Labute approximate surface area is 821 Å². The van der Waals surface area contributed by atoms with E-state index in [-0.39, 0.29) is 156 Å². The minimum Gasteiger partial charge on any atom is -0.381 e. The first-order valence-electron chi connectivity index (χ1n) is 46.6. The largest absolute Gasteiger partial charge is 0.394 e. The summed E-state index contributed by atoms with van der Waals surface area (Å²) in [5.74, 6) is -5.17. The molecule has 7 aliphatic heterocycles. The van der Waals surface area contributed by atoms with Crippen molar-refractivity contribution in [2.24, 2.45) is 44.4 Å². The Kier molecular flexibility index (Phi) is 29.4. The average molecular weight is 2040 g/mol. The van der Waals surface area contributed by atoms with Gasteiger partial charge in [0.2, 0.25) is 5.91 Å². The number of amides is 5. The summed E-state index contributed by atoms with van der Waals surface area (Å²) < 4.78 is 220. The lowest BCUT2D eigenvalue weighted by molar-refractivity contribution is -0.229. The van der Waals surface area contributed by atoms with Gasteiger partial charge in [-0.15, -0.1) is 0 Å². The van der Waals surface area contributed by atoms with E-state index < -0.39 is 141 Å². The van der Waals surface area contributed by atoms with Crippen LogP contribution in [0, 0.1) is 39.5 Å². The van der Waals surface area contributed by atoms with Gasteiger partial charge in [-0.3, -0.25) is 61.4 Å². The van der Waals surface area contributed by atoms with Gasteiger partial charge in [0, 0.05) is 134 Å². The number of pyridine rings is 4. The van der Waals surface area contributed by atoms with Crippen LogP contribution >= 0.6 is 0 Å². The molecule has 7 aliphatic rings. The molecule has 0 bridgehead atoms. The fraction of sp³-hybridized carbons (Fsp3) is 0.424. The van der Waals surface area contributed by atoms with Gasteiger partial charge in [-0.05, 0) is 90.5 Å². The van der Waals surface area contributed by atoms with Crippen LogP contribution in [0.15, 0.2) is 142 Å². The fourth-order valence-corrected chi connectivity index (χ4v) is 19.7. The van der Waals surface area contributed by atoms with Crippen molar-refractivity contribution in [3.63, 3.8) is 0 Å². The van der Waals surface area contributed by atoms with E-state index >= 15 is 0 Å². The van der Waals surface area contributed by atoms with Crippen LogP contribution in [0.1, 0.15) is 216 Å². The van der Waals surface area contributed by atoms with Crippen LogP contribution in [0.3, 0.4) is 0 Å². The number of halogens is 15. The zero-order chi connectivity index (χ0) is 105. The highest BCUT2D eigenvalue weighted by molar-refractivity contribution is 6.03. The number of ether oxygens (including phenoxy) is 2. The normalized spacial score (nSPS) is 17.3. The highest BCUT2D eigenvalue weighted by Gasteiger charge is 2.56. The number of benzene rings is 4. The van der Waals surface area contributed by atoms with Crippen molar-refractivity contribution in [3.8, 4) is 0 Å². The predicted octanol–water partition coefficient (Wildman–Crippen LogP) is 15.7. The number of aryl methyl sites for hydroxylation is 4. The summed E-state index contributed by atoms with van der Waals surface area (Å²) in [6.45, 7) is 14.5. The number of fused-ring (bicyclic) bond motifs is 4. The highest BCUT2D eigenvalue weighted by atomic mass is 19.4. The maximum Gasteiger partial charge on any atom is 0.394 e. The number of carbonyl (C=O) groups excluding carboxylic acids is 5. The van der Waals surface area contributed by atoms with Gasteiger partial charge in [0.1, 0.15) is 117 Å². The number of rotatable bonds is 20. The molecule has 32 nitrogen and oxygen atoms in total. The number of aromatic nitrogens is 12. The summed E-state index contributed by atoms with van der Waals surface area (Å²) in [6.07, 6.45) is -8.46. The van der Waals surface area contributed by atoms with Crippen LogP contribution in [0.4, 0.5) is 89.1 Å². The number of nitrogens with zero attached hydrogens (tertiary/aromatic N) is 17. The second kappa shape index (κ2) is 41.2. The van der Waals surface area contributed by atoms with Gasteiger partial charge in [0.05, 0.1) is 98.7 Å². The van der Waals surface area contributed by atoms with Crippen molar-refractivity contribution in [1.29, 1.82) is 0 Å². The van der Waals surface area contributed by atoms with Crippen molar-refractivity contribution in [1.82, 2.24) is 82.6 Å². The first kappa shape index (κ1) is 104. The lowest BCUT2D eigenvalue weighted by Crippen LogP contribution is -2.73. The first-order chi connectivity index (χ1) is 69.2. The van der Waals surface area contributed by atoms with Gasteiger partial charge in [-0.1, -0.05) is 79.7 Å². The summed E-state index contributed by atoms with van der Waals surface area (Å²) >= 11 is 0. The van der Waals surface area contributed by atoms with Gasteiger partial charge in [0.15, 0.2) is 0 Å². The van der Waals surface area contributed by atoms with Crippen molar-refractivity contribution < 1.29 is 99.3 Å². The minimum absolute atomic E-state index is 0.00567. The van der Waals surface area contributed by atoms with Crippen LogP contribution in [0.5, 0.6) is 0 Å². The molecule has 12 aromatic rings. The number of likely N-dealkylation sites (tertiary alicyclic amines) is 5. The van der Waals surface area contributed by atoms with Gasteiger partial charge in [0.25, 0.3) is 71.6 Å². The Hall–Kier alpha value is -14.5. The lowest BCUT2D eigenvalue weighted by atomic mass is 9.72. The molecule has 19 rings (SSSR count). The van der Waals surface area contributed by atoms with E-state index in [1.54, 1.807) is 40.4 Å². The average Bonchev–Trinajstić information content (AvgIpc) is 0.762. The zero-order valence-electron chi connectivity index (χ0n) is 80.4. The number of hydrogen-bond donors (Lipinski definition) is 4. The van der Waals surface area contributed by atoms with Crippen molar-refractivity contribution in [2.75, 3.05) is 107 Å². The molecule has 146 heavy (non-hydrogen) atoms. The summed E-state index contributed by atoms with van der Waals surface area (Å²) in [7, 11) is 5.90. The first-order valence-corrected chi connectivity index (χ1v) is 46.6. The van der Waals surface area contributed by atoms with Gasteiger partial charge < -0.3 is 55.2 Å². The number of nitrogens with one attached hydrogen (secondary N) is 4. The van der Waals surface area contributed by atoms with Crippen LogP contribution in [-0.2, 0) is 42.5 Å². The minimum atomic E-state index is -4.41. The van der Waals surface area contributed by atoms with Crippen LogP contribution in [0.25, 0.3) is 44.1 Å². The topological polar surface area (TPSA) is 359 Å². The molecule has 5 amide bonds. The summed E-state index contributed by atoms with van der Waals surface area (Å²) in [6, 6.07) is 17.6. The molecule has 8 aromatic heterocycles. The number of piperidine rings is 2. The van der Waals surface area contributed by atoms with E-state index in [0.717, 1.165) is 67.8 Å². The highest BCUT2D eigenvalue weighted by Crippen LogP contribution is 2.48. The molecule has 0 radical (unpaired) electrons. The molecule has 4 atom stereocenters. The summed E-state index contributed by atoms with van der Waals surface area (Å²) in [5.41, 5.74) is -6.82. The maximum absolute atomic E-state index is 14.7. The number of anilines is 4. The van der Waals surface area contributed by atoms with Gasteiger partial charge >= 0.3 is 6.18 Å². The van der Waals surface area contributed by atoms with E-state index in [9.17, 15) is 109 Å². The Morgan fingerprint density at radius 1 is 0.370 bits per heavy atom. The summed E-state index contributed by atoms with van der Waals surface area (Å²) in [5, 5.41) is 13.3. The second-order valence-corrected chi connectivity index (χ2v) is 38.2. The molecular formula is C99H100F15N21O11. The SMILES string of the molecule is CC(=O)N1CC2(C1)CN(C(=O)c1cc3c(N[C@H](C)c4cccc(C(F)F)c4F)ncnc3n(C)c1=O)C2.C[C@@H](Nc1ncnc2c1cc(C(=O)N1CC3(CCOC3)C1)c(=O)n2C)c1cccc(C(F)F)c1F.C[C@@H](Nc1ncnc2c1cc(C(=O)N1CCC(C)(C(F)(F)F)CC1)c(=O)n2C)c1cccc(C(F)F)c1F.C[C@@H](Nc1ncnc2c1cc(C(=O)N1CCCCC13COC3)c(=O)n2C)c1cccc(C(F)F)c1F. The van der Waals surface area contributed by atoms with Gasteiger partial charge in [-0.2, -0.15) is 13.2 Å². The molecule has 15 heterocycles. The number of hydrogen-bond acceptors (Lipinski definition) is 23. The second-order valence-electron chi connectivity index (χ2n) is 38.2. The van der Waals surface area contributed by atoms with E-state index in [0.29, 0.717) is 88.4 Å². The molecule has 7 saturated heterocycles. The predicted molar refractivity (Wildman–Crippen MR) is 505 cm³/mol. The molecule has 4 aromatic carbocycles. The molecule has 0 saturated carbocycles. The third-order valence-corrected chi connectivity index (χ3v) is 28.4. The lowest BCUT2D eigenvalue weighted by Gasteiger charge is -2.59. The number of carbonyl (C=O) groups is 5. The molecule has 7 fully saturated rings. The Morgan fingerprint density at radius 3 is 0.945 bits per heavy atom. The van der Waals surface area contributed by atoms with Crippen molar-refractivity contribution in [3.05, 3.63) is 254 Å². The molecule has 3 spiro atoms.